The fourth-order valence-electron chi connectivity index (χ4n) is 1.01. The summed E-state index contributed by atoms with van der Waals surface area (Å²) in [5, 5.41) is 0. The Hall–Kier alpha value is -1.72. The van der Waals surface area contributed by atoms with Gasteiger partial charge < -0.3 is 10.5 Å². The Labute approximate surface area is 78.7 Å². The molecule has 76 valence electrons. The molecule has 0 unspecified atom stereocenters. The van der Waals surface area contributed by atoms with Crippen LogP contribution in [0, 0.1) is 0 Å². The molecule has 1 aromatic rings. The van der Waals surface area contributed by atoms with Gasteiger partial charge >= 0.3 is 0 Å². The van der Waals surface area contributed by atoms with Gasteiger partial charge in [-0.2, -0.15) is 0 Å². The average Bonchev–Trinajstić information content (AvgIpc) is 2.16. The van der Waals surface area contributed by atoms with Crippen molar-refractivity contribution >= 4 is 12.0 Å². The summed E-state index contributed by atoms with van der Waals surface area (Å²) in [6, 6.07) is 0. The second kappa shape index (κ2) is 3.99. The van der Waals surface area contributed by atoms with Gasteiger partial charge in [0.25, 0.3) is 6.43 Å². The summed E-state index contributed by atoms with van der Waals surface area (Å²) in [5.74, 6) is -0.261. The van der Waals surface area contributed by atoms with E-state index in [0.717, 1.165) is 6.20 Å². The van der Waals surface area contributed by atoms with Crippen LogP contribution in [-0.2, 0) is 0 Å². The van der Waals surface area contributed by atoms with Crippen molar-refractivity contribution in [3.05, 3.63) is 17.3 Å². The van der Waals surface area contributed by atoms with E-state index in [1.165, 1.54) is 7.11 Å². The Morgan fingerprint density at radius 2 is 2.29 bits per heavy atom. The highest BCUT2D eigenvalue weighted by Gasteiger charge is 2.21. The van der Waals surface area contributed by atoms with E-state index in [-0.39, 0.29) is 17.1 Å². The Morgan fingerprint density at radius 1 is 1.64 bits per heavy atom. The first-order valence-electron chi connectivity index (χ1n) is 3.67. The molecule has 0 bridgehead atoms. The van der Waals surface area contributed by atoms with Crippen molar-refractivity contribution in [2.45, 2.75) is 6.43 Å². The third-order valence-corrected chi connectivity index (χ3v) is 1.69. The van der Waals surface area contributed by atoms with E-state index in [1.54, 1.807) is 0 Å². The summed E-state index contributed by atoms with van der Waals surface area (Å²) in [4.78, 5) is 13.9. The molecule has 0 aromatic carbocycles. The van der Waals surface area contributed by atoms with E-state index in [4.69, 9.17) is 5.73 Å². The SMILES string of the molecule is COc1ncc(C=O)c(N)c1C(F)F. The van der Waals surface area contributed by atoms with Crippen LogP contribution < -0.4 is 10.5 Å². The Balaban J connectivity index is 3.38. The van der Waals surface area contributed by atoms with Crippen LogP contribution in [0.2, 0.25) is 0 Å². The molecule has 0 radical (unpaired) electrons. The quantitative estimate of drug-likeness (QED) is 0.753. The predicted octanol–water partition coefficient (Wildman–Crippen LogP) is 1.42. The van der Waals surface area contributed by atoms with Gasteiger partial charge in [0, 0.05) is 6.20 Å². The van der Waals surface area contributed by atoms with Crippen molar-refractivity contribution in [2.24, 2.45) is 0 Å². The number of methoxy groups -OCH3 is 1. The lowest BCUT2D eigenvalue weighted by Gasteiger charge is -2.10. The second-order valence-corrected chi connectivity index (χ2v) is 2.47. The highest BCUT2D eigenvalue weighted by Crippen LogP contribution is 2.33. The molecule has 2 N–H and O–H groups in total. The first-order chi connectivity index (χ1) is 6.61. The van der Waals surface area contributed by atoms with Crippen LogP contribution in [0.25, 0.3) is 0 Å². The molecule has 6 heteroatoms. The van der Waals surface area contributed by atoms with E-state index in [9.17, 15) is 13.6 Å². The lowest BCUT2D eigenvalue weighted by Crippen LogP contribution is -2.04. The molecule has 0 aliphatic rings. The van der Waals surface area contributed by atoms with Crippen LogP contribution in [0.1, 0.15) is 22.3 Å². The van der Waals surface area contributed by atoms with Crippen molar-refractivity contribution < 1.29 is 18.3 Å². The molecule has 0 amide bonds. The summed E-state index contributed by atoms with van der Waals surface area (Å²) >= 11 is 0. The Kier molecular flexibility index (Phi) is 2.95. The minimum atomic E-state index is -2.82. The van der Waals surface area contributed by atoms with Crippen LogP contribution >= 0.6 is 0 Å². The lowest BCUT2D eigenvalue weighted by atomic mass is 10.1. The van der Waals surface area contributed by atoms with E-state index in [2.05, 4.69) is 9.72 Å². The van der Waals surface area contributed by atoms with Crippen LogP contribution in [0.3, 0.4) is 0 Å². The van der Waals surface area contributed by atoms with Gasteiger partial charge in [-0.15, -0.1) is 0 Å². The standard InChI is InChI=1S/C8H8F2N2O2/c1-14-8-5(7(9)10)6(11)4(3-13)2-12-8/h2-3,7H,1H3,(H2,11,12). The number of anilines is 1. The normalized spacial score (nSPS) is 10.3. The number of carbonyl (C=O) groups excluding carboxylic acids is 1. The van der Waals surface area contributed by atoms with Gasteiger partial charge in [0.15, 0.2) is 6.29 Å². The molecule has 1 heterocycles. The molecule has 0 atom stereocenters. The summed E-state index contributed by atoms with van der Waals surface area (Å²) in [6.45, 7) is 0. The van der Waals surface area contributed by atoms with E-state index < -0.39 is 12.0 Å². The molecule has 14 heavy (non-hydrogen) atoms. The minimum Gasteiger partial charge on any atom is -0.481 e. The maximum atomic E-state index is 12.5. The number of alkyl halides is 2. The largest absolute Gasteiger partial charge is 0.481 e. The number of pyridine rings is 1. The number of ether oxygens (including phenoxy) is 1. The van der Waals surface area contributed by atoms with Crippen molar-refractivity contribution in [3.63, 3.8) is 0 Å². The number of halogens is 2. The topological polar surface area (TPSA) is 65.2 Å². The predicted molar refractivity (Wildman–Crippen MR) is 45.5 cm³/mol. The molecule has 0 saturated heterocycles. The summed E-state index contributed by atoms with van der Waals surface area (Å²) < 4.78 is 29.6. The van der Waals surface area contributed by atoms with Gasteiger partial charge in [0.05, 0.1) is 18.4 Å². The van der Waals surface area contributed by atoms with Crippen LogP contribution in [0.4, 0.5) is 14.5 Å². The van der Waals surface area contributed by atoms with Gasteiger partial charge in [0.2, 0.25) is 5.88 Å². The van der Waals surface area contributed by atoms with Crippen LogP contribution in [0.15, 0.2) is 6.20 Å². The maximum Gasteiger partial charge on any atom is 0.271 e. The molecule has 0 aliphatic heterocycles. The Morgan fingerprint density at radius 3 is 2.71 bits per heavy atom. The van der Waals surface area contributed by atoms with Crippen LogP contribution in [0.5, 0.6) is 5.88 Å². The van der Waals surface area contributed by atoms with Crippen molar-refractivity contribution in [3.8, 4) is 5.88 Å². The third kappa shape index (κ3) is 1.63. The maximum absolute atomic E-state index is 12.5. The molecular weight excluding hydrogens is 194 g/mol. The minimum absolute atomic E-state index is 0.0684. The highest BCUT2D eigenvalue weighted by molar-refractivity contribution is 5.84. The van der Waals surface area contributed by atoms with Crippen molar-refractivity contribution in [1.82, 2.24) is 4.98 Å². The number of hydrogen-bond acceptors (Lipinski definition) is 4. The second-order valence-electron chi connectivity index (χ2n) is 2.47. The summed E-state index contributed by atoms with van der Waals surface area (Å²) in [6.07, 6.45) is -1.36. The molecule has 0 aliphatic carbocycles. The van der Waals surface area contributed by atoms with E-state index in [0.29, 0.717) is 6.29 Å². The lowest BCUT2D eigenvalue weighted by molar-refractivity contribution is 0.112. The van der Waals surface area contributed by atoms with Crippen molar-refractivity contribution in [2.75, 3.05) is 12.8 Å². The summed E-state index contributed by atoms with van der Waals surface area (Å²) in [5.41, 5.74) is 4.44. The molecule has 0 saturated carbocycles. The monoisotopic (exact) mass is 202 g/mol. The van der Waals surface area contributed by atoms with E-state index in [1.807, 2.05) is 0 Å². The number of nitrogens with zero attached hydrogens (tertiary/aromatic N) is 1. The molecule has 0 fully saturated rings. The zero-order valence-corrected chi connectivity index (χ0v) is 7.33. The number of nitrogens with two attached hydrogens (primary N) is 1. The number of rotatable bonds is 3. The first kappa shape index (κ1) is 10.4. The fourth-order valence-corrected chi connectivity index (χ4v) is 1.01. The average molecular weight is 202 g/mol. The molecule has 1 rings (SSSR count). The van der Waals surface area contributed by atoms with Gasteiger partial charge in [-0.1, -0.05) is 0 Å². The van der Waals surface area contributed by atoms with Crippen molar-refractivity contribution in [1.29, 1.82) is 0 Å². The van der Waals surface area contributed by atoms with Gasteiger partial charge in [-0.3, -0.25) is 4.79 Å². The fraction of sp³-hybridized carbons (Fsp3) is 0.250. The number of nitrogen functional groups attached to an aromatic ring is 1. The summed E-state index contributed by atoms with van der Waals surface area (Å²) in [7, 11) is 1.20. The Bertz CT molecular complexity index is 355. The smallest absolute Gasteiger partial charge is 0.271 e. The van der Waals surface area contributed by atoms with Crippen LogP contribution in [-0.4, -0.2) is 18.4 Å². The van der Waals surface area contributed by atoms with Gasteiger partial charge in [-0.25, -0.2) is 13.8 Å². The number of carbonyl (C=O) groups is 1. The number of aldehydes is 1. The number of aromatic nitrogens is 1. The molecule has 0 spiro atoms. The van der Waals surface area contributed by atoms with Gasteiger partial charge in [0.1, 0.15) is 5.56 Å². The molecular formula is C8H8F2N2O2. The number of hydrogen-bond donors (Lipinski definition) is 1. The van der Waals surface area contributed by atoms with E-state index >= 15 is 0 Å². The zero-order chi connectivity index (χ0) is 10.7. The van der Waals surface area contributed by atoms with Gasteiger partial charge in [-0.05, 0) is 0 Å². The molecule has 1 aromatic heterocycles. The third-order valence-electron chi connectivity index (χ3n) is 1.69. The molecule has 4 nitrogen and oxygen atoms in total. The first-order valence-corrected chi connectivity index (χ1v) is 3.67. The zero-order valence-electron chi connectivity index (χ0n) is 7.33. The highest BCUT2D eigenvalue weighted by atomic mass is 19.3.